The van der Waals surface area contributed by atoms with Crippen LogP contribution in [0.5, 0.6) is 5.75 Å². The molecule has 0 bridgehead atoms. The van der Waals surface area contributed by atoms with E-state index in [9.17, 15) is 4.79 Å². The number of aliphatic imine (C=N–C) groups is 1. The zero-order valence-corrected chi connectivity index (χ0v) is 23.4. The van der Waals surface area contributed by atoms with E-state index in [1.54, 1.807) is 41.4 Å². The molecular weight excluding hydrogens is 545 g/mol. The number of rotatable bonds is 10. The van der Waals surface area contributed by atoms with Gasteiger partial charge in [-0.3, -0.25) is 15.2 Å². The Morgan fingerprint density at radius 2 is 2.12 bits per heavy atom. The molecule has 3 N–H and O–H groups in total. The maximum atomic E-state index is 15.0. The van der Waals surface area contributed by atoms with Crippen LogP contribution in [-0.2, 0) is 4.79 Å². The van der Waals surface area contributed by atoms with Crippen molar-refractivity contribution >= 4 is 41.2 Å². The van der Waals surface area contributed by atoms with Gasteiger partial charge in [0.15, 0.2) is 5.84 Å². The van der Waals surface area contributed by atoms with Crippen molar-refractivity contribution in [2.45, 2.75) is 44.7 Å². The van der Waals surface area contributed by atoms with Gasteiger partial charge in [-0.25, -0.2) is 14.4 Å². The second-order valence-corrected chi connectivity index (χ2v) is 10.5. The minimum Gasteiger partial charge on any atom is -0.491 e. The summed E-state index contributed by atoms with van der Waals surface area (Å²) < 4.78 is 23.0. The first-order valence-electron chi connectivity index (χ1n) is 13.4. The molecule has 1 aliphatic carbocycles. The Bertz CT molecular complexity index is 1610. The van der Waals surface area contributed by atoms with E-state index in [0.29, 0.717) is 47.2 Å². The maximum Gasteiger partial charge on any atom is 0.210 e. The third kappa shape index (κ3) is 6.07. The fourth-order valence-corrected chi connectivity index (χ4v) is 5.73. The monoisotopic (exact) mass is 575 g/mol. The van der Waals surface area contributed by atoms with E-state index in [0.717, 1.165) is 48.8 Å². The number of pyridine rings is 1. The molecule has 11 heteroatoms. The number of hydrogen-bond donors (Lipinski definition) is 2. The van der Waals surface area contributed by atoms with Gasteiger partial charge < -0.3 is 19.9 Å². The third-order valence-electron chi connectivity index (χ3n) is 7.49. The smallest absolute Gasteiger partial charge is 0.210 e. The third-order valence-corrected chi connectivity index (χ3v) is 7.72. The molecule has 41 heavy (non-hydrogen) atoms. The molecule has 9 nitrogen and oxygen atoms in total. The number of carbonyl (C=O) groups excluding carboxylic acids is 1. The van der Waals surface area contributed by atoms with Gasteiger partial charge in [0.1, 0.15) is 41.5 Å². The Morgan fingerprint density at radius 1 is 1.29 bits per heavy atom. The molecule has 1 amide bonds. The molecule has 1 fully saturated rings. The van der Waals surface area contributed by atoms with Crippen molar-refractivity contribution in [3.05, 3.63) is 76.8 Å². The van der Waals surface area contributed by atoms with Crippen LogP contribution < -0.4 is 10.5 Å². The molecule has 212 valence electrons. The molecule has 2 atom stereocenters. The van der Waals surface area contributed by atoms with E-state index in [1.807, 2.05) is 23.6 Å². The predicted molar refractivity (Wildman–Crippen MR) is 158 cm³/mol. The van der Waals surface area contributed by atoms with Crippen molar-refractivity contribution in [1.29, 1.82) is 5.41 Å². The Hall–Kier alpha value is -4.31. The topological polar surface area (TPSA) is 122 Å². The van der Waals surface area contributed by atoms with Crippen molar-refractivity contribution in [1.82, 2.24) is 19.4 Å². The minimum absolute atomic E-state index is 0.0297. The molecule has 0 saturated heterocycles. The number of amidine groups is 1. The summed E-state index contributed by atoms with van der Waals surface area (Å²) in [6.45, 7) is 2.70. The molecule has 2 aromatic heterocycles. The number of aromatic nitrogens is 3. The summed E-state index contributed by atoms with van der Waals surface area (Å²) in [6.07, 6.45) is 6.55. The van der Waals surface area contributed by atoms with Crippen LogP contribution in [0.3, 0.4) is 0 Å². The molecule has 0 aliphatic heterocycles. The van der Waals surface area contributed by atoms with Crippen LogP contribution in [0, 0.1) is 18.2 Å². The number of imidazole rings is 1. The van der Waals surface area contributed by atoms with Gasteiger partial charge >= 0.3 is 0 Å². The number of nitrogens with zero attached hydrogens (tertiary/aromatic N) is 5. The lowest BCUT2D eigenvalue weighted by molar-refractivity contribution is -0.121. The van der Waals surface area contributed by atoms with Crippen molar-refractivity contribution in [3.63, 3.8) is 0 Å². The van der Waals surface area contributed by atoms with Crippen LogP contribution in [0.2, 0.25) is 5.02 Å². The van der Waals surface area contributed by atoms with Gasteiger partial charge in [0, 0.05) is 17.1 Å². The molecule has 1 aliphatic rings. The molecule has 0 radical (unpaired) electrons. The fraction of sp³-hybridized carbons (Fsp3) is 0.300. The first-order valence-corrected chi connectivity index (χ1v) is 13.8. The zero-order chi connectivity index (χ0) is 28.9. The number of nitrogens with two attached hydrogens (primary N) is 1. The number of amides is 1. The van der Waals surface area contributed by atoms with E-state index in [2.05, 4.69) is 9.98 Å². The van der Waals surface area contributed by atoms with Gasteiger partial charge in [-0.05, 0) is 74.6 Å². The standard InChI is InChI=1S/C30H31ClFN7O2/c1-19-13-20(31)9-10-28(19)41-12-11-38(18-40)21-5-4-6-22(14-21)39-27-15-25(29(34)36-17-33)35-16-26(27)37-30(39)23-7-2-3-8-24(23)32/h2-3,7-10,13,15-18,21-22H,4-6,11-12,14H2,1H3,(H3,33,34,36). The number of benzene rings is 2. The molecule has 2 unspecified atom stereocenters. The number of carbonyl (C=O) groups is 1. The molecule has 0 spiro atoms. The first-order chi connectivity index (χ1) is 19.9. The number of aryl methyl sites for hydroxylation is 1. The zero-order valence-electron chi connectivity index (χ0n) is 22.6. The van der Waals surface area contributed by atoms with Crippen molar-refractivity contribution in [2.24, 2.45) is 10.7 Å². The number of halogens is 2. The number of ether oxygens (including phenoxy) is 1. The summed E-state index contributed by atoms with van der Waals surface area (Å²) in [5, 5.41) is 7.90. The molecule has 4 aromatic rings. The van der Waals surface area contributed by atoms with Gasteiger partial charge in [-0.2, -0.15) is 0 Å². The second kappa shape index (κ2) is 12.5. The summed E-state index contributed by atoms with van der Waals surface area (Å²) in [7, 11) is 0. The average Bonchev–Trinajstić information content (AvgIpc) is 3.35. The lowest BCUT2D eigenvalue weighted by Gasteiger charge is -2.36. The van der Waals surface area contributed by atoms with Crippen molar-refractivity contribution in [3.8, 4) is 17.1 Å². The molecular formula is C30H31ClFN7O2. The lowest BCUT2D eigenvalue weighted by Crippen LogP contribution is -2.40. The van der Waals surface area contributed by atoms with E-state index in [-0.39, 0.29) is 23.7 Å². The van der Waals surface area contributed by atoms with Crippen LogP contribution >= 0.6 is 11.6 Å². The first kappa shape index (κ1) is 28.2. The normalized spacial score (nSPS) is 17.4. The number of fused-ring (bicyclic) bond motifs is 1. The van der Waals surface area contributed by atoms with Gasteiger partial charge in [0.05, 0.1) is 23.8 Å². The Balaban J connectivity index is 1.44. The van der Waals surface area contributed by atoms with Crippen LogP contribution in [0.1, 0.15) is 43.0 Å². The van der Waals surface area contributed by atoms with Gasteiger partial charge in [-0.1, -0.05) is 23.7 Å². The average molecular weight is 576 g/mol. The van der Waals surface area contributed by atoms with Gasteiger partial charge in [0.2, 0.25) is 6.41 Å². The van der Waals surface area contributed by atoms with E-state index < -0.39 is 0 Å². The highest BCUT2D eigenvalue weighted by molar-refractivity contribution is 6.30. The molecule has 1 saturated carbocycles. The second-order valence-electron chi connectivity index (χ2n) is 10.1. The van der Waals surface area contributed by atoms with E-state index in [4.69, 9.17) is 32.5 Å². The highest BCUT2D eigenvalue weighted by Crippen LogP contribution is 2.38. The SMILES string of the molecule is Cc1cc(Cl)ccc1OCCN(C=O)C1CCCC(n2c(-c3ccccc3F)nc3cnc(C(N)=NC=N)cc32)C1. The van der Waals surface area contributed by atoms with Crippen LogP contribution in [0.15, 0.2) is 59.7 Å². The number of hydrogen-bond acceptors (Lipinski definition) is 5. The summed E-state index contributed by atoms with van der Waals surface area (Å²) in [4.78, 5) is 27.0. The number of nitrogens with one attached hydrogen (secondary N) is 1. The van der Waals surface area contributed by atoms with Crippen LogP contribution in [0.25, 0.3) is 22.4 Å². The summed E-state index contributed by atoms with van der Waals surface area (Å²) in [6, 6.07) is 13.7. The Labute approximate surface area is 242 Å². The van der Waals surface area contributed by atoms with Gasteiger partial charge in [0.25, 0.3) is 0 Å². The Morgan fingerprint density at radius 3 is 2.88 bits per heavy atom. The fourth-order valence-electron chi connectivity index (χ4n) is 5.51. The predicted octanol–water partition coefficient (Wildman–Crippen LogP) is 5.53. The largest absolute Gasteiger partial charge is 0.491 e. The van der Waals surface area contributed by atoms with Crippen molar-refractivity contribution < 1.29 is 13.9 Å². The summed E-state index contributed by atoms with van der Waals surface area (Å²) in [5.74, 6) is 0.950. The van der Waals surface area contributed by atoms with Crippen LogP contribution in [-0.4, -0.2) is 57.2 Å². The minimum atomic E-state index is -0.376. The molecule has 2 aromatic carbocycles. The Kier molecular flexibility index (Phi) is 8.58. The summed E-state index contributed by atoms with van der Waals surface area (Å²) >= 11 is 6.05. The van der Waals surface area contributed by atoms with E-state index >= 15 is 4.39 Å². The summed E-state index contributed by atoms with van der Waals surface area (Å²) in [5.41, 5.74) is 9.08. The quantitative estimate of drug-likeness (QED) is 0.146. The highest BCUT2D eigenvalue weighted by Gasteiger charge is 2.31. The maximum absolute atomic E-state index is 15.0. The van der Waals surface area contributed by atoms with Crippen molar-refractivity contribution in [2.75, 3.05) is 13.2 Å². The lowest BCUT2D eigenvalue weighted by atomic mass is 9.89. The van der Waals surface area contributed by atoms with Crippen LogP contribution in [0.4, 0.5) is 4.39 Å². The van der Waals surface area contributed by atoms with E-state index in [1.165, 1.54) is 6.07 Å². The molecule has 5 rings (SSSR count). The molecule has 2 heterocycles. The van der Waals surface area contributed by atoms with Gasteiger partial charge in [-0.15, -0.1) is 0 Å². The highest BCUT2D eigenvalue weighted by atomic mass is 35.5.